The molecule has 0 heterocycles. The van der Waals surface area contributed by atoms with Crippen LogP contribution in [-0.2, 0) is 11.3 Å². The Balaban J connectivity index is 1.91. The van der Waals surface area contributed by atoms with Gasteiger partial charge in [0.05, 0.1) is 0 Å². The first kappa shape index (κ1) is 15.5. The second kappa shape index (κ2) is 7.22. The Morgan fingerprint density at radius 2 is 1.86 bits per heavy atom. The average molecular weight is 352 g/mol. The van der Waals surface area contributed by atoms with E-state index in [2.05, 4.69) is 15.9 Å². The van der Waals surface area contributed by atoms with Gasteiger partial charge in [0.2, 0.25) is 0 Å². The lowest BCUT2D eigenvalue weighted by Crippen LogP contribution is -2.31. The number of amides is 1. The van der Waals surface area contributed by atoms with E-state index >= 15 is 0 Å². The molecule has 0 radical (unpaired) electrons. The molecule has 2 rings (SSSR count). The number of hydrogen-bond acceptors (Lipinski definition) is 2. The molecule has 21 heavy (non-hydrogen) atoms. The molecule has 0 aliphatic carbocycles. The SMILES string of the molecule is CN(Cc1ccccc1Br)C(=O)COc1ccccc1F. The third-order valence-electron chi connectivity index (χ3n) is 2.98. The van der Waals surface area contributed by atoms with Crippen molar-refractivity contribution in [2.45, 2.75) is 6.54 Å². The van der Waals surface area contributed by atoms with E-state index in [0.29, 0.717) is 6.54 Å². The lowest BCUT2D eigenvalue weighted by molar-refractivity contribution is -0.132. The van der Waals surface area contributed by atoms with Crippen LogP contribution >= 0.6 is 15.9 Å². The Kier molecular flexibility index (Phi) is 5.33. The zero-order valence-electron chi connectivity index (χ0n) is 11.6. The van der Waals surface area contributed by atoms with Crippen LogP contribution < -0.4 is 4.74 Å². The van der Waals surface area contributed by atoms with Crippen molar-refractivity contribution < 1.29 is 13.9 Å². The van der Waals surface area contributed by atoms with Crippen molar-refractivity contribution in [3.63, 3.8) is 0 Å². The molecule has 0 aliphatic rings. The van der Waals surface area contributed by atoms with Gasteiger partial charge in [-0.1, -0.05) is 46.3 Å². The monoisotopic (exact) mass is 351 g/mol. The molecule has 0 aliphatic heterocycles. The molecule has 0 fully saturated rings. The largest absolute Gasteiger partial charge is 0.481 e. The second-order valence-electron chi connectivity index (χ2n) is 4.56. The van der Waals surface area contributed by atoms with E-state index in [1.54, 1.807) is 24.1 Å². The molecular formula is C16H15BrFNO2. The van der Waals surface area contributed by atoms with Crippen molar-refractivity contribution in [3.05, 3.63) is 64.4 Å². The number of hydrogen-bond donors (Lipinski definition) is 0. The van der Waals surface area contributed by atoms with Crippen molar-refractivity contribution in [2.75, 3.05) is 13.7 Å². The van der Waals surface area contributed by atoms with Crippen molar-refractivity contribution >= 4 is 21.8 Å². The van der Waals surface area contributed by atoms with Gasteiger partial charge >= 0.3 is 0 Å². The number of nitrogens with zero attached hydrogens (tertiary/aromatic N) is 1. The van der Waals surface area contributed by atoms with Gasteiger partial charge in [0.1, 0.15) is 0 Å². The molecule has 0 unspecified atom stereocenters. The first-order valence-electron chi connectivity index (χ1n) is 6.42. The Labute approximate surface area is 131 Å². The molecule has 0 spiro atoms. The van der Waals surface area contributed by atoms with E-state index in [0.717, 1.165) is 10.0 Å². The average Bonchev–Trinajstić information content (AvgIpc) is 2.48. The van der Waals surface area contributed by atoms with Gasteiger partial charge in [-0.3, -0.25) is 4.79 Å². The Morgan fingerprint density at radius 3 is 2.57 bits per heavy atom. The molecular weight excluding hydrogens is 337 g/mol. The molecule has 0 atom stereocenters. The number of likely N-dealkylation sites (N-methyl/N-ethyl adjacent to an activating group) is 1. The predicted octanol–water partition coefficient (Wildman–Crippen LogP) is 3.63. The molecule has 2 aromatic rings. The van der Waals surface area contributed by atoms with Crippen LogP contribution in [0, 0.1) is 5.82 Å². The van der Waals surface area contributed by atoms with Crippen molar-refractivity contribution in [2.24, 2.45) is 0 Å². The number of para-hydroxylation sites is 1. The summed E-state index contributed by atoms with van der Waals surface area (Å²) in [5.74, 6) is -0.604. The first-order chi connectivity index (χ1) is 10.1. The molecule has 0 N–H and O–H groups in total. The van der Waals surface area contributed by atoms with Gasteiger partial charge < -0.3 is 9.64 Å². The van der Waals surface area contributed by atoms with Crippen LogP contribution in [0.15, 0.2) is 53.0 Å². The summed E-state index contributed by atoms with van der Waals surface area (Å²) in [6.45, 7) is 0.267. The van der Waals surface area contributed by atoms with Crippen LogP contribution in [0.1, 0.15) is 5.56 Å². The highest BCUT2D eigenvalue weighted by Gasteiger charge is 2.12. The lowest BCUT2D eigenvalue weighted by atomic mass is 10.2. The van der Waals surface area contributed by atoms with Gasteiger partial charge in [0.15, 0.2) is 18.2 Å². The molecule has 0 bridgehead atoms. The summed E-state index contributed by atoms with van der Waals surface area (Å²) in [5.41, 5.74) is 0.999. The first-order valence-corrected chi connectivity index (χ1v) is 7.22. The molecule has 5 heteroatoms. The van der Waals surface area contributed by atoms with Gasteiger partial charge in [-0.05, 0) is 23.8 Å². The topological polar surface area (TPSA) is 29.5 Å². The van der Waals surface area contributed by atoms with Crippen molar-refractivity contribution in [3.8, 4) is 5.75 Å². The minimum atomic E-state index is -0.473. The van der Waals surface area contributed by atoms with Gasteiger partial charge in [-0.25, -0.2) is 4.39 Å². The summed E-state index contributed by atoms with van der Waals surface area (Å²) in [4.78, 5) is 13.5. The maximum absolute atomic E-state index is 13.4. The van der Waals surface area contributed by atoms with E-state index in [4.69, 9.17) is 4.74 Å². The normalized spacial score (nSPS) is 10.2. The standard InChI is InChI=1S/C16H15BrFNO2/c1-19(10-12-6-2-3-7-13(12)17)16(20)11-21-15-9-5-4-8-14(15)18/h2-9H,10-11H2,1H3. The highest BCUT2D eigenvalue weighted by atomic mass is 79.9. The molecule has 0 saturated carbocycles. The van der Waals surface area contributed by atoms with E-state index < -0.39 is 5.82 Å². The van der Waals surface area contributed by atoms with Crippen molar-refractivity contribution in [1.29, 1.82) is 0 Å². The highest BCUT2D eigenvalue weighted by Crippen LogP contribution is 2.18. The third-order valence-corrected chi connectivity index (χ3v) is 3.75. The van der Waals surface area contributed by atoms with Gasteiger partial charge in [-0.15, -0.1) is 0 Å². The highest BCUT2D eigenvalue weighted by molar-refractivity contribution is 9.10. The fourth-order valence-electron chi connectivity index (χ4n) is 1.78. The number of carbonyl (C=O) groups excluding carboxylic acids is 1. The molecule has 0 saturated heterocycles. The Morgan fingerprint density at radius 1 is 1.19 bits per heavy atom. The summed E-state index contributed by atoms with van der Waals surface area (Å²) in [5, 5.41) is 0. The van der Waals surface area contributed by atoms with Gasteiger partial charge in [-0.2, -0.15) is 0 Å². The summed E-state index contributed by atoms with van der Waals surface area (Å²) >= 11 is 3.44. The Hall–Kier alpha value is -1.88. The third kappa shape index (κ3) is 4.29. The zero-order chi connectivity index (χ0) is 15.2. The minimum absolute atomic E-state index is 0.0835. The van der Waals surface area contributed by atoms with E-state index in [1.807, 2.05) is 24.3 Å². The van der Waals surface area contributed by atoms with Crippen LogP contribution in [0.3, 0.4) is 0 Å². The smallest absolute Gasteiger partial charge is 0.260 e. The maximum Gasteiger partial charge on any atom is 0.260 e. The fourth-order valence-corrected chi connectivity index (χ4v) is 2.19. The summed E-state index contributed by atoms with van der Waals surface area (Å²) in [6.07, 6.45) is 0. The minimum Gasteiger partial charge on any atom is -0.481 e. The van der Waals surface area contributed by atoms with Crippen LogP contribution in [0.4, 0.5) is 4.39 Å². The zero-order valence-corrected chi connectivity index (χ0v) is 13.1. The summed E-state index contributed by atoms with van der Waals surface area (Å²) < 4.78 is 19.5. The van der Waals surface area contributed by atoms with Crippen LogP contribution in [0.25, 0.3) is 0 Å². The number of ether oxygens (including phenoxy) is 1. The molecule has 1 amide bonds. The molecule has 0 aromatic heterocycles. The van der Waals surface area contributed by atoms with Crippen LogP contribution in [0.2, 0.25) is 0 Å². The number of carbonyl (C=O) groups is 1. The molecule has 3 nitrogen and oxygen atoms in total. The van der Waals surface area contributed by atoms with E-state index in [-0.39, 0.29) is 18.3 Å². The van der Waals surface area contributed by atoms with E-state index in [9.17, 15) is 9.18 Å². The summed E-state index contributed by atoms with van der Waals surface area (Å²) in [7, 11) is 1.69. The van der Waals surface area contributed by atoms with Crippen molar-refractivity contribution in [1.82, 2.24) is 4.90 Å². The number of rotatable bonds is 5. The maximum atomic E-state index is 13.4. The van der Waals surface area contributed by atoms with Crippen LogP contribution in [-0.4, -0.2) is 24.5 Å². The summed E-state index contributed by atoms with van der Waals surface area (Å²) in [6, 6.07) is 13.7. The second-order valence-corrected chi connectivity index (χ2v) is 5.41. The fraction of sp³-hybridized carbons (Fsp3) is 0.188. The lowest BCUT2D eigenvalue weighted by Gasteiger charge is -2.18. The molecule has 110 valence electrons. The number of benzene rings is 2. The van der Waals surface area contributed by atoms with Gasteiger partial charge in [0.25, 0.3) is 5.91 Å². The predicted molar refractivity (Wildman–Crippen MR) is 82.5 cm³/mol. The molecule has 2 aromatic carbocycles. The van der Waals surface area contributed by atoms with Crippen LogP contribution in [0.5, 0.6) is 5.75 Å². The quantitative estimate of drug-likeness (QED) is 0.823. The van der Waals surface area contributed by atoms with E-state index in [1.165, 1.54) is 12.1 Å². The Bertz CT molecular complexity index is 633. The van der Waals surface area contributed by atoms with Gasteiger partial charge in [0, 0.05) is 18.1 Å². The number of halogens is 2.